The van der Waals surface area contributed by atoms with Gasteiger partial charge in [-0.25, -0.2) is 0 Å². The summed E-state index contributed by atoms with van der Waals surface area (Å²) in [5.74, 6) is -0.974. The molecule has 1 aromatic heterocycles. The van der Waals surface area contributed by atoms with Crippen molar-refractivity contribution in [3.8, 4) is 0 Å². The molecule has 2 aromatic rings. The Kier molecular flexibility index (Phi) is 4.69. The number of hydrogen-bond donors (Lipinski definition) is 1. The van der Waals surface area contributed by atoms with Crippen LogP contribution < -0.4 is 5.32 Å². The maximum atomic E-state index is 12.5. The van der Waals surface area contributed by atoms with Crippen LogP contribution in [0.15, 0.2) is 35.7 Å². The Hall–Kier alpha value is -2.51. The van der Waals surface area contributed by atoms with Crippen molar-refractivity contribution in [3.05, 3.63) is 57.3 Å². The van der Waals surface area contributed by atoms with Gasteiger partial charge in [-0.3, -0.25) is 19.3 Å². The SMILES string of the molecule is CN1C(=O)c2ccc(C(=O)NC[C@@H](c3cccs3)N(C)C)cc2C1=O. The second-order valence-corrected chi connectivity index (χ2v) is 7.11. The summed E-state index contributed by atoms with van der Waals surface area (Å²) in [5.41, 5.74) is 0.996. The minimum atomic E-state index is -0.376. The highest BCUT2D eigenvalue weighted by molar-refractivity contribution is 7.10. The number of rotatable bonds is 5. The van der Waals surface area contributed by atoms with Gasteiger partial charge in [-0.15, -0.1) is 11.3 Å². The summed E-state index contributed by atoms with van der Waals surface area (Å²) in [5, 5.41) is 4.92. The molecular formula is C18H19N3O3S. The van der Waals surface area contributed by atoms with Crippen LogP contribution in [0.4, 0.5) is 0 Å². The molecule has 0 spiro atoms. The third-order valence-electron chi connectivity index (χ3n) is 4.30. The van der Waals surface area contributed by atoms with Crippen LogP contribution >= 0.6 is 11.3 Å². The van der Waals surface area contributed by atoms with Gasteiger partial charge in [0, 0.05) is 24.0 Å². The van der Waals surface area contributed by atoms with E-state index in [-0.39, 0.29) is 29.3 Å². The maximum absolute atomic E-state index is 12.5. The highest BCUT2D eigenvalue weighted by Crippen LogP contribution is 2.24. The molecule has 1 N–H and O–H groups in total. The van der Waals surface area contributed by atoms with Crippen molar-refractivity contribution in [3.63, 3.8) is 0 Å². The van der Waals surface area contributed by atoms with Crippen LogP contribution in [-0.4, -0.2) is 55.2 Å². The molecule has 25 heavy (non-hydrogen) atoms. The van der Waals surface area contributed by atoms with Gasteiger partial charge in [0.15, 0.2) is 0 Å². The van der Waals surface area contributed by atoms with E-state index in [0.717, 1.165) is 4.90 Å². The molecule has 0 unspecified atom stereocenters. The fourth-order valence-corrected chi connectivity index (χ4v) is 3.74. The molecular weight excluding hydrogens is 338 g/mol. The molecule has 0 saturated carbocycles. The molecule has 0 saturated heterocycles. The van der Waals surface area contributed by atoms with Crippen molar-refractivity contribution in [1.29, 1.82) is 0 Å². The number of amides is 3. The Labute approximate surface area is 150 Å². The van der Waals surface area contributed by atoms with Gasteiger partial charge in [0.25, 0.3) is 17.7 Å². The van der Waals surface area contributed by atoms with Gasteiger partial charge in [-0.1, -0.05) is 6.07 Å². The van der Waals surface area contributed by atoms with E-state index in [1.165, 1.54) is 24.1 Å². The van der Waals surface area contributed by atoms with Gasteiger partial charge in [0.05, 0.1) is 17.2 Å². The highest BCUT2D eigenvalue weighted by Gasteiger charge is 2.33. The zero-order valence-corrected chi connectivity index (χ0v) is 15.1. The molecule has 0 radical (unpaired) electrons. The number of fused-ring (bicyclic) bond motifs is 1. The molecule has 0 bridgehead atoms. The third kappa shape index (κ3) is 3.20. The van der Waals surface area contributed by atoms with E-state index in [2.05, 4.69) is 5.32 Å². The number of hydrogen-bond acceptors (Lipinski definition) is 5. The van der Waals surface area contributed by atoms with Crippen LogP contribution in [0.1, 0.15) is 42.0 Å². The van der Waals surface area contributed by atoms with Gasteiger partial charge in [-0.2, -0.15) is 0 Å². The van der Waals surface area contributed by atoms with Crippen molar-refractivity contribution < 1.29 is 14.4 Å². The van der Waals surface area contributed by atoms with E-state index in [1.807, 2.05) is 36.5 Å². The molecule has 6 nitrogen and oxygen atoms in total. The van der Waals surface area contributed by atoms with E-state index in [1.54, 1.807) is 17.4 Å². The summed E-state index contributed by atoms with van der Waals surface area (Å²) in [6, 6.07) is 8.71. The minimum absolute atomic E-state index is 0.0766. The van der Waals surface area contributed by atoms with Crippen molar-refractivity contribution in [2.45, 2.75) is 6.04 Å². The van der Waals surface area contributed by atoms with Crippen molar-refractivity contribution >= 4 is 29.1 Å². The lowest BCUT2D eigenvalue weighted by Gasteiger charge is -2.23. The summed E-state index contributed by atoms with van der Waals surface area (Å²) in [4.78, 5) is 40.7. The first-order valence-electron chi connectivity index (χ1n) is 7.84. The molecule has 3 rings (SSSR count). The van der Waals surface area contributed by atoms with Gasteiger partial charge < -0.3 is 10.2 Å². The predicted molar refractivity (Wildman–Crippen MR) is 95.9 cm³/mol. The van der Waals surface area contributed by atoms with Crippen molar-refractivity contribution in [2.24, 2.45) is 0 Å². The van der Waals surface area contributed by atoms with Gasteiger partial charge in [0.2, 0.25) is 0 Å². The smallest absolute Gasteiger partial charge is 0.261 e. The summed E-state index contributed by atoms with van der Waals surface area (Å²) < 4.78 is 0. The van der Waals surface area contributed by atoms with Gasteiger partial charge in [-0.05, 0) is 43.7 Å². The molecule has 0 fully saturated rings. The van der Waals surface area contributed by atoms with Crippen LogP contribution in [0.3, 0.4) is 0 Å². The Balaban J connectivity index is 1.74. The molecule has 1 aliphatic heterocycles. The molecule has 7 heteroatoms. The van der Waals surface area contributed by atoms with Crippen LogP contribution in [0.5, 0.6) is 0 Å². The van der Waals surface area contributed by atoms with E-state index in [4.69, 9.17) is 0 Å². The van der Waals surface area contributed by atoms with Crippen LogP contribution in [0.2, 0.25) is 0 Å². The van der Waals surface area contributed by atoms with Crippen molar-refractivity contribution in [2.75, 3.05) is 27.7 Å². The highest BCUT2D eigenvalue weighted by atomic mass is 32.1. The quantitative estimate of drug-likeness (QED) is 0.831. The Morgan fingerprint density at radius 2 is 1.92 bits per heavy atom. The Bertz CT molecular complexity index is 830. The van der Waals surface area contributed by atoms with Crippen molar-refractivity contribution in [1.82, 2.24) is 15.1 Å². The maximum Gasteiger partial charge on any atom is 0.261 e. The first-order chi connectivity index (χ1) is 11.9. The fraction of sp³-hybridized carbons (Fsp3) is 0.278. The lowest BCUT2D eigenvalue weighted by atomic mass is 10.1. The number of carbonyl (C=O) groups is 3. The number of thiophene rings is 1. The second kappa shape index (κ2) is 6.78. The second-order valence-electron chi connectivity index (χ2n) is 6.13. The molecule has 130 valence electrons. The van der Waals surface area contributed by atoms with E-state index in [9.17, 15) is 14.4 Å². The van der Waals surface area contributed by atoms with Gasteiger partial charge in [0.1, 0.15) is 0 Å². The average molecular weight is 357 g/mol. The number of nitrogens with one attached hydrogen (secondary N) is 1. The standard InChI is InChI=1S/C18H19N3O3S/c1-20(2)14(15-5-4-8-25-15)10-19-16(22)11-6-7-12-13(9-11)18(24)21(3)17(12)23/h4-9,14H,10H2,1-3H3,(H,19,22)/t14-/m0/s1. The zero-order chi connectivity index (χ0) is 18.1. The number of likely N-dealkylation sites (N-methyl/N-ethyl adjacent to an activating group) is 1. The number of benzene rings is 1. The average Bonchev–Trinajstić information content (AvgIpc) is 3.19. The largest absolute Gasteiger partial charge is 0.350 e. The Morgan fingerprint density at radius 1 is 1.20 bits per heavy atom. The first-order valence-corrected chi connectivity index (χ1v) is 8.72. The molecule has 1 aromatic carbocycles. The number of imide groups is 1. The summed E-state index contributed by atoms with van der Waals surface area (Å²) in [7, 11) is 5.37. The van der Waals surface area contributed by atoms with Crippen LogP contribution in [0.25, 0.3) is 0 Å². The Morgan fingerprint density at radius 3 is 2.56 bits per heavy atom. The monoisotopic (exact) mass is 357 g/mol. The molecule has 2 heterocycles. The lowest BCUT2D eigenvalue weighted by molar-refractivity contribution is 0.0693. The summed E-state index contributed by atoms with van der Waals surface area (Å²) in [6.45, 7) is 0.455. The lowest BCUT2D eigenvalue weighted by Crippen LogP contribution is -2.34. The summed E-state index contributed by atoms with van der Waals surface area (Å²) >= 11 is 1.64. The topological polar surface area (TPSA) is 69.7 Å². The van der Waals surface area contributed by atoms with E-state index in [0.29, 0.717) is 17.7 Å². The van der Waals surface area contributed by atoms with Crippen LogP contribution in [0, 0.1) is 0 Å². The van der Waals surface area contributed by atoms with E-state index >= 15 is 0 Å². The molecule has 1 aliphatic rings. The zero-order valence-electron chi connectivity index (χ0n) is 14.3. The number of carbonyl (C=O) groups excluding carboxylic acids is 3. The predicted octanol–water partition coefficient (Wildman–Crippen LogP) is 2.01. The van der Waals surface area contributed by atoms with Crippen LogP contribution in [-0.2, 0) is 0 Å². The first kappa shape index (κ1) is 17.3. The summed E-state index contributed by atoms with van der Waals surface area (Å²) in [6.07, 6.45) is 0. The number of nitrogens with zero attached hydrogens (tertiary/aromatic N) is 2. The third-order valence-corrected chi connectivity index (χ3v) is 5.28. The molecule has 3 amide bonds. The minimum Gasteiger partial charge on any atom is -0.350 e. The van der Waals surface area contributed by atoms with Gasteiger partial charge >= 0.3 is 0 Å². The normalized spacial score (nSPS) is 14.8. The fourth-order valence-electron chi connectivity index (χ4n) is 2.81. The molecule has 0 aliphatic carbocycles. The van der Waals surface area contributed by atoms with E-state index < -0.39 is 0 Å². The molecule has 1 atom stereocenters.